The number of hydrogen-bond donors (Lipinski definition) is 1. The zero-order valence-electron chi connectivity index (χ0n) is 9.90. The first kappa shape index (κ1) is 15.9. The van der Waals surface area contributed by atoms with E-state index < -0.39 is 17.0 Å². The van der Waals surface area contributed by atoms with Gasteiger partial charge in [0.1, 0.15) is 0 Å². The van der Waals surface area contributed by atoms with Crippen LogP contribution in [-0.4, -0.2) is 41.2 Å². The maximum Gasteiger partial charge on any atom is 0.275 e. The van der Waals surface area contributed by atoms with Gasteiger partial charge in [-0.15, -0.1) is 23.2 Å². The molecule has 92 valence electrons. The lowest BCUT2D eigenvalue weighted by Gasteiger charge is -2.35. The Morgan fingerprint density at radius 1 is 0.933 bits per heavy atom. The molecular formula is C8H21Cl2NO2Si2. The van der Waals surface area contributed by atoms with Crippen molar-refractivity contribution in [2.75, 3.05) is 24.2 Å². The van der Waals surface area contributed by atoms with Crippen LogP contribution in [0.2, 0.25) is 13.1 Å². The molecule has 0 bridgehead atoms. The van der Waals surface area contributed by atoms with Crippen LogP contribution in [0.1, 0.15) is 13.8 Å². The molecule has 0 aromatic rings. The Balaban J connectivity index is 4.47. The van der Waals surface area contributed by atoms with E-state index in [1.54, 1.807) is 0 Å². The number of hydrogen-bond acceptors (Lipinski definition) is 3. The topological polar surface area (TPSA) is 30.5 Å². The second kappa shape index (κ2) is 7.26. The number of halogens is 2. The van der Waals surface area contributed by atoms with Crippen molar-refractivity contribution in [1.82, 2.24) is 4.65 Å². The van der Waals surface area contributed by atoms with E-state index in [1.165, 1.54) is 0 Å². The van der Waals surface area contributed by atoms with E-state index in [1.807, 2.05) is 13.8 Å². The molecule has 0 rings (SSSR count). The van der Waals surface area contributed by atoms with Crippen LogP contribution < -0.4 is 4.65 Å². The Morgan fingerprint density at radius 3 is 1.47 bits per heavy atom. The van der Waals surface area contributed by atoms with Gasteiger partial charge in [0.25, 0.3) is 17.0 Å². The molecule has 0 aliphatic carbocycles. The molecule has 0 radical (unpaired) electrons. The van der Waals surface area contributed by atoms with Gasteiger partial charge in [0.15, 0.2) is 0 Å². The Hall–Kier alpha value is 0.894. The van der Waals surface area contributed by atoms with Gasteiger partial charge in [-0.05, 0) is 26.9 Å². The number of rotatable bonds is 8. The number of nitrogens with one attached hydrogen (secondary N) is 1. The second-order valence-corrected chi connectivity index (χ2v) is 12.4. The van der Waals surface area contributed by atoms with Gasteiger partial charge in [-0.25, -0.2) is 0 Å². The average molecular weight is 290 g/mol. The fourth-order valence-electron chi connectivity index (χ4n) is 1.41. The van der Waals surface area contributed by atoms with Crippen molar-refractivity contribution in [2.45, 2.75) is 26.9 Å². The summed E-state index contributed by atoms with van der Waals surface area (Å²) in [5.41, 5.74) is 1.01. The molecule has 2 atom stereocenters. The molecule has 0 fully saturated rings. The van der Waals surface area contributed by atoms with Gasteiger partial charge in [0.05, 0.1) is 11.0 Å². The van der Waals surface area contributed by atoms with Crippen LogP contribution in [0, 0.1) is 0 Å². The van der Waals surface area contributed by atoms with E-state index in [2.05, 4.69) is 17.7 Å². The van der Waals surface area contributed by atoms with E-state index >= 15 is 0 Å². The summed E-state index contributed by atoms with van der Waals surface area (Å²) in [4.78, 5) is 0. The van der Waals surface area contributed by atoms with Gasteiger partial charge < -0.3 is 13.5 Å². The zero-order chi connectivity index (χ0) is 11.9. The van der Waals surface area contributed by atoms with Crippen molar-refractivity contribution in [2.24, 2.45) is 0 Å². The molecule has 0 spiro atoms. The van der Waals surface area contributed by atoms with Crippen LogP contribution >= 0.6 is 23.2 Å². The summed E-state index contributed by atoms with van der Waals surface area (Å²) in [7, 11) is -4.10. The van der Waals surface area contributed by atoms with Crippen LogP contribution in [0.3, 0.4) is 0 Å². The predicted octanol–water partition coefficient (Wildman–Crippen LogP) is 2.35. The van der Waals surface area contributed by atoms with Crippen molar-refractivity contribution >= 4 is 40.2 Å². The average Bonchev–Trinajstić information content (AvgIpc) is 2.18. The lowest BCUT2D eigenvalue weighted by atomic mass is 10.9. The molecular weight excluding hydrogens is 269 g/mol. The Bertz CT molecular complexity index is 172. The highest BCUT2D eigenvalue weighted by Gasteiger charge is 2.39. The van der Waals surface area contributed by atoms with E-state index in [0.29, 0.717) is 24.2 Å². The van der Waals surface area contributed by atoms with E-state index in [-0.39, 0.29) is 0 Å². The third-order valence-electron chi connectivity index (χ3n) is 1.96. The van der Waals surface area contributed by atoms with Crippen LogP contribution in [0.25, 0.3) is 0 Å². The van der Waals surface area contributed by atoms with Gasteiger partial charge in [0, 0.05) is 13.2 Å². The molecule has 0 heterocycles. The van der Waals surface area contributed by atoms with Gasteiger partial charge in [-0.3, -0.25) is 0 Å². The standard InChI is InChI=1S/C8H21Cl2NO2Si2/c1-5-12-14(3,7-9)11-15(4,8-10)13-6-2/h11H,5-8H2,1-4H3. The summed E-state index contributed by atoms with van der Waals surface area (Å²) in [6.07, 6.45) is 0. The SMILES string of the molecule is CCO[Si](C)(CCl)N[Si](C)(CCl)OCC. The molecule has 0 aromatic heterocycles. The van der Waals surface area contributed by atoms with Gasteiger partial charge in [-0.1, -0.05) is 0 Å². The first-order valence-electron chi connectivity index (χ1n) is 5.14. The van der Waals surface area contributed by atoms with Crippen molar-refractivity contribution in [3.8, 4) is 0 Å². The summed E-state index contributed by atoms with van der Waals surface area (Å²) < 4.78 is 14.9. The third kappa shape index (κ3) is 5.67. The Labute approximate surface area is 105 Å². The first-order valence-corrected chi connectivity index (χ1v) is 11.4. The summed E-state index contributed by atoms with van der Waals surface area (Å²) >= 11 is 11.9. The highest BCUT2D eigenvalue weighted by Crippen LogP contribution is 2.11. The van der Waals surface area contributed by atoms with Crippen LogP contribution in [-0.2, 0) is 8.85 Å². The van der Waals surface area contributed by atoms with Crippen LogP contribution in [0.5, 0.6) is 0 Å². The van der Waals surface area contributed by atoms with Gasteiger partial charge in [-0.2, -0.15) is 0 Å². The number of alkyl halides is 2. The molecule has 0 aliphatic heterocycles. The minimum Gasteiger partial charge on any atom is -0.403 e. The highest BCUT2D eigenvalue weighted by atomic mass is 35.5. The third-order valence-corrected chi connectivity index (χ3v) is 12.1. The van der Waals surface area contributed by atoms with E-state index in [4.69, 9.17) is 32.1 Å². The fourth-order valence-corrected chi connectivity index (χ4v) is 10.1. The van der Waals surface area contributed by atoms with E-state index in [0.717, 1.165) is 0 Å². The lowest BCUT2D eigenvalue weighted by molar-refractivity contribution is 0.302. The second-order valence-electron chi connectivity index (χ2n) is 3.72. The molecule has 15 heavy (non-hydrogen) atoms. The van der Waals surface area contributed by atoms with Crippen molar-refractivity contribution in [3.63, 3.8) is 0 Å². The normalized spacial score (nSPS) is 19.6. The monoisotopic (exact) mass is 289 g/mol. The molecule has 0 amide bonds. The van der Waals surface area contributed by atoms with Gasteiger partial charge in [0.2, 0.25) is 0 Å². The zero-order valence-corrected chi connectivity index (χ0v) is 13.4. The summed E-state index contributed by atoms with van der Waals surface area (Å²) in [6.45, 7) is 9.39. The van der Waals surface area contributed by atoms with Crippen molar-refractivity contribution in [3.05, 3.63) is 0 Å². The molecule has 0 aliphatic rings. The van der Waals surface area contributed by atoms with Crippen LogP contribution in [0.4, 0.5) is 0 Å². The molecule has 0 saturated carbocycles. The molecule has 0 saturated heterocycles. The maximum absolute atomic E-state index is 5.95. The molecule has 1 N–H and O–H groups in total. The lowest BCUT2D eigenvalue weighted by Crippen LogP contribution is -2.67. The minimum atomic E-state index is -2.05. The largest absolute Gasteiger partial charge is 0.403 e. The van der Waals surface area contributed by atoms with Crippen molar-refractivity contribution in [1.29, 1.82) is 0 Å². The van der Waals surface area contributed by atoms with Crippen LogP contribution in [0.15, 0.2) is 0 Å². The Morgan fingerprint density at radius 2 is 1.27 bits per heavy atom. The van der Waals surface area contributed by atoms with E-state index in [9.17, 15) is 0 Å². The Kier molecular flexibility index (Phi) is 7.70. The van der Waals surface area contributed by atoms with Crippen molar-refractivity contribution < 1.29 is 8.85 Å². The minimum absolute atomic E-state index is 0.507. The molecule has 0 aromatic carbocycles. The summed E-state index contributed by atoms with van der Waals surface area (Å²) in [5.74, 6) is 0. The first-order chi connectivity index (χ1) is 6.95. The summed E-state index contributed by atoms with van der Waals surface area (Å²) in [5, 5.41) is 0. The predicted molar refractivity (Wildman–Crippen MR) is 71.1 cm³/mol. The fraction of sp³-hybridized carbons (Fsp3) is 1.00. The quantitative estimate of drug-likeness (QED) is 0.550. The smallest absolute Gasteiger partial charge is 0.275 e. The molecule has 2 unspecified atom stereocenters. The van der Waals surface area contributed by atoms with Gasteiger partial charge >= 0.3 is 0 Å². The molecule has 7 heteroatoms. The highest BCUT2D eigenvalue weighted by molar-refractivity contribution is 6.91. The summed E-state index contributed by atoms with van der Waals surface area (Å²) in [6, 6.07) is 0. The molecule has 3 nitrogen and oxygen atoms in total. The maximum atomic E-state index is 5.95.